The highest BCUT2D eigenvalue weighted by molar-refractivity contribution is 6.33. The number of piperidine rings is 1. The van der Waals surface area contributed by atoms with Gasteiger partial charge < -0.3 is 9.64 Å². The summed E-state index contributed by atoms with van der Waals surface area (Å²) >= 11 is 5.92. The molecule has 0 N–H and O–H groups in total. The highest BCUT2D eigenvalue weighted by Gasteiger charge is 2.31. The van der Waals surface area contributed by atoms with E-state index in [2.05, 4.69) is 11.8 Å². The van der Waals surface area contributed by atoms with Crippen LogP contribution in [0.25, 0.3) is 0 Å². The van der Waals surface area contributed by atoms with E-state index in [9.17, 15) is 13.6 Å². The van der Waals surface area contributed by atoms with E-state index in [0.717, 1.165) is 51.3 Å². The Kier molecular flexibility index (Phi) is 5.92. The van der Waals surface area contributed by atoms with Gasteiger partial charge in [-0.2, -0.15) is 0 Å². The van der Waals surface area contributed by atoms with Crippen molar-refractivity contribution in [1.29, 1.82) is 0 Å². The summed E-state index contributed by atoms with van der Waals surface area (Å²) in [6, 6.07) is 2.20. The molecule has 4 nitrogen and oxygen atoms in total. The Bertz CT molecular complexity index is 630. The molecule has 1 atom stereocenters. The molecule has 0 bridgehead atoms. The zero-order valence-corrected chi connectivity index (χ0v) is 15.1. The molecule has 0 radical (unpaired) electrons. The van der Waals surface area contributed by atoms with Crippen molar-refractivity contribution in [2.45, 2.75) is 25.8 Å². The molecule has 0 aliphatic carbocycles. The first-order valence-corrected chi connectivity index (χ1v) is 9.10. The predicted octanol–water partition coefficient (Wildman–Crippen LogP) is 3.19. The lowest BCUT2D eigenvalue weighted by atomic mass is 9.89. The quantitative estimate of drug-likeness (QED) is 0.764. The minimum Gasteiger partial charge on any atom is -0.379 e. The van der Waals surface area contributed by atoms with Gasteiger partial charge in [0.15, 0.2) is 11.6 Å². The molecule has 2 aliphatic heterocycles. The molecule has 138 valence electrons. The monoisotopic (exact) mass is 372 g/mol. The Hall–Kier alpha value is -1.24. The van der Waals surface area contributed by atoms with Crippen molar-refractivity contribution in [3.63, 3.8) is 0 Å². The summed E-state index contributed by atoms with van der Waals surface area (Å²) in [5, 5.41) is -0.0484. The van der Waals surface area contributed by atoms with Gasteiger partial charge in [0.25, 0.3) is 5.91 Å². The fourth-order valence-corrected chi connectivity index (χ4v) is 3.96. The molecule has 1 aromatic carbocycles. The number of nitrogens with zero attached hydrogens (tertiary/aromatic N) is 2. The van der Waals surface area contributed by atoms with Gasteiger partial charge in [-0.05, 0) is 37.8 Å². The van der Waals surface area contributed by atoms with Crippen molar-refractivity contribution in [1.82, 2.24) is 9.80 Å². The van der Waals surface area contributed by atoms with Gasteiger partial charge in [0.1, 0.15) is 0 Å². The van der Waals surface area contributed by atoms with Gasteiger partial charge in [-0.15, -0.1) is 0 Å². The van der Waals surface area contributed by atoms with Gasteiger partial charge in [-0.25, -0.2) is 8.78 Å². The van der Waals surface area contributed by atoms with Crippen LogP contribution in [0.1, 0.15) is 30.1 Å². The van der Waals surface area contributed by atoms with E-state index in [1.165, 1.54) is 0 Å². The molecule has 0 spiro atoms. The van der Waals surface area contributed by atoms with E-state index in [4.69, 9.17) is 16.3 Å². The highest BCUT2D eigenvalue weighted by atomic mass is 35.5. The lowest BCUT2D eigenvalue weighted by Crippen LogP contribution is -2.49. The number of halogens is 3. The molecule has 25 heavy (non-hydrogen) atoms. The summed E-state index contributed by atoms with van der Waals surface area (Å²) in [5.41, 5.74) is 0.0280. The van der Waals surface area contributed by atoms with Gasteiger partial charge in [-0.3, -0.25) is 9.69 Å². The summed E-state index contributed by atoms with van der Waals surface area (Å²) in [7, 11) is 0. The molecule has 2 fully saturated rings. The molecule has 1 aromatic rings. The molecule has 2 heterocycles. The minimum absolute atomic E-state index is 0.0280. The Morgan fingerprint density at radius 1 is 1.16 bits per heavy atom. The molecule has 0 saturated carbocycles. The first-order chi connectivity index (χ1) is 12.0. The molecule has 3 rings (SSSR count). The van der Waals surface area contributed by atoms with Crippen LogP contribution in [0.4, 0.5) is 8.78 Å². The van der Waals surface area contributed by atoms with Gasteiger partial charge in [0.05, 0.1) is 23.8 Å². The number of morpholine rings is 1. The van der Waals surface area contributed by atoms with Gasteiger partial charge in [0, 0.05) is 32.2 Å². The third-order valence-corrected chi connectivity index (χ3v) is 5.68. The molecule has 2 saturated heterocycles. The maximum absolute atomic E-state index is 13.4. The molecule has 2 aliphatic rings. The smallest absolute Gasteiger partial charge is 0.255 e. The van der Waals surface area contributed by atoms with Gasteiger partial charge in [-0.1, -0.05) is 11.6 Å². The molecule has 1 unspecified atom stereocenters. The lowest BCUT2D eigenvalue weighted by molar-refractivity contribution is -0.000952. The summed E-state index contributed by atoms with van der Waals surface area (Å²) in [6.07, 6.45) is 1.79. The van der Waals surface area contributed by atoms with Crippen LogP contribution in [0.15, 0.2) is 12.1 Å². The Morgan fingerprint density at radius 3 is 2.40 bits per heavy atom. The number of carbonyl (C=O) groups excluding carboxylic acids is 1. The Morgan fingerprint density at radius 2 is 1.76 bits per heavy atom. The lowest BCUT2D eigenvalue weighted by Gasteiger charge is -2.41. The van der Waals surface area contributed by atoms with Crippen LogP contribution >= 0.6 is 11.6 Å². The van der Waals surface area contributed by atoms with Crippen molar-refractivity contribution < 1.29 is 18.3 Å². The average molecular weight is 373 g/mol. The van der Waals surface area contributed by atoms with Crippen molar-refractivity contribution in [3.8, 4) is 0 Å². The normalized spacial score (nSPS) is 21.4. The number of hydrogen-bond acceptors (Lipinski definition) is 3. The molecular formula is C18H23ClF2N2O2. The van der Waals surface area contributed by atoms with Crippen LogP contribution in [0.2, 0.25) is 5.02 Å². The van der Waals surface area contributed by atoms with Gasteiger partial charge in [0.2, 0.25) is 0 Å². The maximum atomic E-state index is 13.4. The number of benzene rings is 1. The van der Waals surface area contributed by atoms with E-state index in [0.29, 0.717) is 25.0 Å². The molecule has 1 amide bonds. The summed E-state index contributed by atoms with van der Waals surface area (Å²) in [6.45, 7) is 6.89. The van der Waals surface area contributed by atoms with E-state index < -0.39 is 11.6 Å². The molecule has 7 heteroatoms. The SMILES string of the molecule is CC(C1CCN(C(=O)c2cc(F)c(F)cc2Cl)CC1)N1CCOCC1. The van der Waals surface area contributed by atoms with E-state index in [1.54, 1.807) is 4.90 Å². The second-order valence-corrected chi connectivity index (χ2v) is 7.17. The molecule has 0 aromatic heterocycles. The zero-order valence-electron chi connectivity index (χ0n) is 14.3. The Labute approximate surface area is 151 Å². The summed E-state index contributed by atoms with van der Waals surface area (Å²) in [4.78, 5) is 16.7. The van der Waals surface area contributed by atoms with Crippen molar-refractivity contribution >= 4 is 17.5 Å². The predicted molar refractivity (Wildman–Crippen MR) is 91.8 cm³/mol. The van der Waals surface area contributed by atoms with Crippen LogP contribution in [-0.4, -0.2) is 61.1 Å². The number of hydrogen-bond donors (Lipinski definition) is 0. The third kappa shape index (κ3) is 4.13. The van der Waals surface area contributed by atoms with Crippen molar-refractivity contribution in [2.75, 3.05) is 39.4 Å². The summed E-state index contributed by atoms with van der Waals surface area (Å²) in [5.74, 6) is -1.91. The fourth-order valence-electron chi connectivity index (χ4n) is 3.72. The highest BCUT2D eigenvalue weighted by Crippen LogP contribution is 2.27. The van der Waals surface area contributed by atoms with E-state index >= 15 is 0 Å². The van der Waals surface area contributed by atoms with Crippen molar-refractivity contribution in [3.05, 3.63) is 34.4 Å². The molecular weight excluding hydrogens is 350 g/mol. The first-order valence-electron chi connectivity index (χ1n) is 8.73. The van der Waals surface area contributed by atoms with Crippen LogP contribution in [0.5, 0.6) is 0 Å². The minimum atomic E-state index is -1.05. The Balaban J connectivity index is 1.60. The van der Waals surface area contributed by atoms with E-state index in [-0.39, 0.29) is 16.5 Å². The average Bonchev–Trinajstić information content (AvgIpc) is 2.64. The van der Waals surface area contributed by atoms with Crippen LogP contribution in [-0.2, 0) is 4.74 Å². The third-order valence-electron chi connectivity index (χ3n) is 5.37. The van der Waals surface area contributed by atoms with Crippen molar-refractivity contribution in [2.24, 2.45) is 5.92 Å². The van der Waals surface area contributed by atoms with Crippen LogP contribution < -0.4 is 0 Å². The zero-order chi connectivity index (χ0) is 18.0. The second kappa shape index (κ2) is 7.98. The second-order valence-electron chi connectivity index (χ2n) is 6.76. The van der Waals surface area contributed by atoms with Gasteiger partial charge >= 0.3 is 0 Å². The van der Waals surface area contributed by atoms with Crippen LogP contribution in [0.3, 0.4) is 0 Å². The standard InChI is InChI=1S/C18H23ClF2N2O2/c1-12(22-6-8-25-9-7-22)13-2-4-23(5-3-13)18(24)14-10-16(20)17(21)11-15(14)19/h10-13H,2-9H2,1H3. The number of likely N-dealkylation sites (tertiary alicyclic amines) is 1. The van der Waals surface area contributed by atoms with E-state index in [1.807, 2.05) is 0 Å². The fraction of sp³-hybridized carbons (Fsp3) is 0.611. The number of amides is 1. The topological polar surface area (TPSA) is 32.8 Å². The first kappa shape index (κ1) is 18.5. The number of carbonyl (C=O) groups is 1. The van der Waals surface area contributed by atoms with Crippen LogP contribution in [0, 0.1) is 17.6 Å². The number of ether oxygens (including phenoxy) is 1. The summed E-state index contributed by atoms with van der Waals surface area (Å²) < 4.78 is 32.0. The maximum Gasteiger partial charge on any atom is 0.255 e. The number of rotatable bonds is 3. The largest absolute Gasteiger partial charge is 0.379 e.